The van der Waals surface area contributed by atoms with E-state index in [0.717, 1.165) is 17.1 Å². The summed E-state index contributed by atoms with van der Waals surface area (Å²) < 4.78 is 0. The standard InChI is InChI=1S/C46H31N/c1-2-9-32(10-3-1)38-14-8-15-42(30-38)47(41-25-23-34(24-26-41)39-21-17-33-11-4-5-13-37(33)29-39)43-27-28-45-40(31-43)22-20-36-19-18-35-12-6-7-16-44(35)46(36)45/h1-31H. The molecule has 0 heterocycles. The van der Waals surface area contributed by atoms with Crippen LogP contribution in [0.3, 0.4) is 0 Å². The second-order valence-electron chi connectivity index (χ2n) is 12.2. The van der Waals surface area contributed by atoms with Crippen LogP contribution >= 0.6 is 0 Å². The van der Waals surface area contributed by atoms with Gasteiger partial charge in [-0.25, -0.2) is 0 Å². The van der Waals surface area contributed by atoms with Gasteiger partial charge in [-0.05, 0) is 108 Å². The Balaban J connectivity index is 1.19. The molecule has 1 heteroatoms. The molecule has 0 saturated heterocycles. The molecule has 220 valence electrons. The van der Waals surface area contributed by atoms with E-state index in [1.165, 1.54) is 65.3 Å². The van der Waals surface area contributed by atoms with Gasteiger partial charge in [0.1, 0.15) is 0 Å². The fraction of sp³-hybridized carbons (Fsp3) is 0. The SMILES string of the molecule is c1ccc(-c2cccc(N(c3ccc(-c4ccc5ccccc5c4)cc3)c3ccc4c(ccc5ccc6ccccc6c54)c3)c2)cc1. The Labute approximate surface area is 274 Å². The molecule has 0 aromatic heterocycles. The molecule has 0 N–H and O–H groups in total. The topological polar surface area (TPSA) is 3.24 Å². The summed E-state index contributed by atoms with van der Waals surface area (Å²) in [7, 11) is 0. The van der Waals surface area contributed by atoms with Crippen LogP contribution < -0.4 is 4.90 Å². The first-order valence-corrected chi connectivity index (χ1v) is 16.2. The van der Waals surface area contributed by atoms with E-state index in [4.69, 9.17) is 0 Å². The summed E-state index contributed by atoms with van der Waals surface area (Å²) in [6.45, 7) is 0. The van der Waals surface area contributed by atoms with Crippen LogP contribution in [0.2, 0.25) is 0 Å². The highest BCUT2D eigenvalue weighted by molar-refractivity contribution is 6.20. The van der Waals surface area contributed by atoms with E-state index in [-0.39, 0.29) is 0 Å². The van der Waals surface area contributed by atoms with Crippen LogP contribution in [0.15, 0.2) is 188 Å². The van der Waals surface area contributed by atoms with E-state index in [2.05, 4.69) is 193 Å². The normalized spacial score (nSPS) is 11.4. The van der Waals surface area contributed by atoms with Crippen molar-refractivity contribution in [3.05, 3.63) is 188 Å². The second kappa shape index (κ2) is 11.3. The van der Waals surface area contributed by atoms with Gasteiger partial charge in [-0.15, -0.1) is 0 Å². The molecule has 47 heavy (non-hydrogen) atoms. The van der Waals surface area contributed by atoms with E-state index >= 15 is 0 Å². The maximum Gasteiger partial charge on any atom is 0.0468 e. The number of hydrogen-bond donors (Lipinski definition) is 0. The number of nitrogens with zero attached hydrogens (tertiary/aromatic N) is 1. The average molecular weight is 598 g/mol. The van der Waals surface area contributed by atoms with E-state index in [1.54, 1.807) is 0 Å². The molecule has 0 atom stereocenters. The molecule has 9 aromatic rings. The Hall–Kier alpha value is -6.18. The first-order valence-electron chi connectivity index (χ1n) is 16.2. The Morgan fingerprint density at radius 3 is 1.66 bits per heavy atom. The van der Waals surface area contributed by atoms with E-state index in [1.807, 2.05) is 0 Å². The third-order valence-corrected chi connectivity index (χ3v) is 9.39. The van der Waals surface area contributed by atoms with Crippen LogP contribution in [-0.2, 0) is 0 Å². The fourth-order valence-electron chi connectivity index (χ4n) is 7.04. The van der Waals surface area contributed by atoms with Gasteiger partial charge in [-0.3, -0.25) is 0 Å². The molecule has 0 saturated carbocycles. The first-order chi connectivity index (χ1) is 23.3. The number of hydrogen-bond acceptors (Lipinski definition) is 1. The van der Waals surface area contributed by atoms with Crippen molar-refractivity contribution < 1.29 is 0 Å². The molecule has 0 unspecified atom stereocenters. The largest absolute Gasteiger partial charge is 0.310 e. The minimum absolute atomic E-state index is 1.12. The highest BCUT2D eigenvalue weighted by Gasteiger charge is 2.16. The molecule has 0 aliphatic carbocycles. The van der Waals surface area contributed by atoms with Crippen LogP contribution in [0.1, 0.15) is 0 Å². The maximum atomic E-state index is 2.38. The van der Waals surface area contributed by atoms with Crippen LogP contribution in [0.4, 0.5) is 17.1 Å². The Morgan fingerprint density at radius 1 is 0.255 bits per heavy atom. The molecule has 0 aliphatic rings. The third kappa shape index (κ3) is 4.90. The van der Waals surface area contributed by atoms with E-state index in [9.17, 15) is 0 Å². The molecule has 9 aromatic carbocycles. The average Bonchev–Trinajstić information content (AvgIpc) is 3.15. The first kappa shape index (κ1) is 27.2. The lowest BCUT2D eigenvalue weighted by Crippen LogP contribution is -2.10. The van der Waals surface area contributed by atoms with Gasteiger partial charge >= 0.3 is 0 Å². The van der Waals surface area contributed by atoms with Crippen molar-refractivity contribution >= 4 is 60.2 Å². The fourth-order valence-corrected chi connectivity index (χ4v) is 7.04. The van der Waals surface area contributed by atoms with E-state index in [0.29, 0.717) is 0 Å². The lowest BCUT2D eigenvalue weighted by Gasteiger charge is -2.27. The zero-order chi connectivity index (χ0) is 31.2. The van der Waals surface area contributed by atoms with Crippen molar-refractivity contribution in [2.75, 3.05) is 4.90 Å². The van der Waals surface area contributed by atoms with Gasteiger partial charge in [0, 0.05) is 17.1 Å². The summed E-state index contributed by atoms with van der Waals surface area (Å²) in [4.78, 5) is 2.38. The smallest absolute Gasteiger partial charge is 0.0468 e. The molecule has 9 rings (SSSR count). The molecular formula is C46H31N. The van der Waals surface area contributed by atoms with Gasteiger partial charge in [0.15, 0.2) is 0 Å². The molecule has 0 aliphatic heterocycles. The van der Waals surface area contributed by atoms with Crippen molar-refractivity contribution in [1.82, 2.24) is 0 Å². The minimum Gasteiger partial charge on any atom is -0.310 e. The number of fused-ring (bicyclic) bond motifs is 6. The summed E-state index contributed by atoms with van der Waals surface area (Å²) in [5, 5.41) is 10.1. The van der Waals surface area contributed by atoms with Gasteiger partial charge in [0.05, 0.1) is 0 Å². The minimum atomic E-state index is 1.12. The zero-order valence-corrected chi connectivity index (χ0v) is 25.8. The molecule has 1 nitrogen and oxygen atoms in total. The van der Waals surface area contributed by atoms with Gasteiger partial charge in [-0.1, -0.05) is 146 Å². The third-order valence-electron chi connectivity index (χ3n) is 9.39. The molecule has 0 spiro atoms. The van der Waals surface area contributed by atoms with Gasteiger partial charge in [0.25, 0.3) is 0 Å². The number of benzene rings is 9. The summed E-state index contributed by atoms with van der Waals surface area (Å²) in [5.41, 5.74) is 8.19. The summed E-state index contributed by atoms with van der Waals surface area (Å²) in [5.74, 6) is 0. The molecule has 0 fully saturated rings. The van der Waals surface area contributed by atoms with Crippen molar-refractivity contribution in [3.8, 4) is 22.3 Å². The molecule has 0 radical (unpaired) electrons. The lowest BCUT2D eigenvalue weighted by atomic mass is 9.96. The Kier molecular flexibility index (Phi) is 6.54. The quantitative estimate of drug-likeness (QED) is 0.178. The van der Waals surface area contributed by atoms with Gasteiger partial charge in [-0.2, -0.15) is 0 Å². The van der Waals surface area contributed by atoms with Crippen LogP contribution in [-0.4, -0.2) is 0 Å². The Bertz CT molecular complexity index is 2560. The molecular weight excluding hydrogens is 567 g/mol. The summed E-state index contributed by atoms with van der Waals surface area (Å²) in [6.07, 6.45) is 0. The summed E-state index contributed by atoms with van der Waals surface area (Å²) in [6, 6.07) is 68.3. The van der Waals surface area contributed by atoms with Crippen molar-refractivity contribution in [2.24, 2.45) is 0 Å². The highest BCUT2D eigenvalue weighted by atomic mass is 15.1. The Morgan fingerprint density at radius 2 is 0.809 bits per heavy atom. The zero-order valence-electron chi connectivity index (χ0n) is 25.8. The number of rotatable bonds is 5. The van der Waals surface area contributed by atoms with Crippen molar-refractivity contribution in [1.29, 1.82) is 0 Å². The predicted octanol–water partition coefficient (Wildman–Crippen LogP) is 13.1. The number of anilines is 3. The summed E-state index contributed by atoms with van der Waals surface area (Å²) >= 11 is 0. The maximum absolute atomic E-state index is 2.38. The van der Waals surface area contributed by atoms with Crippen molar-refractivity contribution in [3.63, 3.8) is 0 Å². The monoisotopic (exact) mass is 597 g/mol. The highest BCUT2D eigenvalue weighted by Crippen LogP contribution is 2.40. The second-order valence-corrected chi connectivity index (χ2v) is 12.2. The van der Waals surface area contributed by atoms with Gasteiger partial charge < -0.3 is 4.90 Å². The van der Waals surface area contributed by atoms with Gasteiger partial charge in [0.2, 0.25) is 0 Å². The van der Waals surface area contributed by atoms with Crippen LogP contribution in [0.25, 0.3) is 65.3 Å². The van der Waals surface area contributed by atoms with E-state index < -0.39 is 0 Å². The molecule has 0 bridgehead atoms. The van der Waals surface area contributed by atoms with Crippen LogP contribution in [0, 0.1) is 0 Å². The molecule has 0 amide bonds. The van der Waals surface area contributed by atoms with Crippen LogP contribution in [0.5, 0.6) is 0 Å². The predicted molar refractivity (Wildman–Crippen MR) is 202 cm³/mol. The van der Waals surface area contributed by atoms with Crippen molar-refractivity contribution in [2.45, 2.75) is 0 Å². The lowest BCUT2D eigenvalue weighted by molar-refractivity contribution is 1.29.